The molecule has 1 heterocycles. The summed E-state index contributed by atoms with van der Waals surface area (Å²) in [7, 11) is 0. The Bertz CT molecular complexity index is 511. The quantitative estimate of drug-likeness (QED) is 0.657. The summed E-state index contributed by atoms with van der Waals surface area (Å²) >= 11 is 0. The van der Waals surface area contributed by atoms with Gasteiger partial charge in [-0.2, -0.15) is 0 Å². The molecular formula is C15H23N3O3. The fourth-order valence-electron chi connectivity index (χ4n) is 3.38. The van der Waals surface area contributed by atoms with Crippen LogP contribution in [-0.4, -0.2) is 33.6 Å². The minimum absolute atomic E-state index is 0.0606. The third-order valence-corrected chi connectivity index (χ3v) is 4.43. The SMILES string of the molecule is CC1CCCC(C)N1C(CN)c1ccc(O)c([N+](=O)[O-])c1. The Balaban J connectivity index is 2.36. The average Bonchev–Trinajstić information content (AvgIpc) is 2.43. The van der Waals surface area contributed by atoms with Crippen LogP contribution >= 0.6 is 0 Å². The van der Waals surface area contributed by atoms with Crippen molar-refractivity contribution in [3.05, 3.63) is 33.9 Å². The van der Waals surface area contributed by atoms with E-state index in [9.17, 15) is 15.2 Å². The van der Waals surface area contributed by atoms with Crippen LogP contribution in [0.5, 0.6) is 5.75 Å². The molecule has 2 rings (SSSR count). The van der Waals surface area contributed by atoms with Crippen LogP contribution in [-0.2, 0) is 0 Å². The van der Waals surface area contributed by atoms with Gasteiger partial charge in [-0.3, -0.25) is 15.0 Å². The minimum Gasteiger partial charge on any atom is -0.502 e. The molecule has 0 saturated carbocycles. The van der Waals surface area contributed by atoms with Gasteiger partial charge in [-0.05, 0) is 38.3 Å². The second-order valence-electron chi connectivity index (χ2n) is 5.83. The number of phenolic OH excluding ortho intramolecular Hbond substituents is 1. The highest BCUT2D eigenvalue weighted by Crippen LogP contribution is 2.35. The number of nitro groups is 1. The summed E-state index contributed by atoms with van der Waals surface area (Å²) in [6.45, 7) is 4.75. The van der Waals surface area contributed by atoms with Gasteiger partial charge in [-0.25, -0.2) is 0 Å². The standard InChI is InChI=1S/C15H23N3O3/c1-10-4-3-5-11(2)17(10)14(9-16)12-6-7-15(19)13(8-12)18(20)21/h6-8,10-11,14,19H,3-5,9,16H2,1-2H3. The number of nitrogens with zero attached hydrogens (tertiary/aromatic N) is 2. The van der Waals surface area contributed by atoms with E-state index < -0.39 is 4.92 Å². The lowest BCUT2D eigenvalue weighted by Gasteiger charge is -2.44. The lowest BCUT2D eigenvalue weighted by atomic mass is 9.92. The van der Waals surface area contributed by atoms with Gasteiger partial charge in [0.05, 0.1) is 4.92 Å². The lowest BCUT2D eigenvalue weighted by molar-refractivity contribution is -0.386. The monoisotopic (exact) mass is 293 g/mol. The topological polar surface area (TPSA) is 92.6 Å². The maximum absolute atomic E-state index is 11.0. The molecule has 1 saturated heterocycles. The maximum Gasteiger partial charge on any atom is 0.311 e. The predicted molar refractivity (Wildman–Crippen MR) is 81.2 cm³/mol. The minimum atomic E-state index is -0.560. The van der Waals surface area contributed by atoms with E-state index >= 15 is 0 Å². The third-order valence-electron chi connectivity index (χ3n) is 4.43. The molecule has 0 radical (unpaired) electrons. The molecule has 116 valence electrons. The Morgan fingerprint density at radius 2 is 2.05 bits per heavy atom. The summed E-state index contributed by atoms with van der Waals surface area (Å²) in [6, 6.07) is 5.30. The average molecular weight is 293 g/mol. The van der Waals surface area contributed by atoms with Gasteiger partial charge in [0.15, 0.2) is 5.75 Å². The van der Waals surface area contributed by atoms with Crippen molar-refractivity contribution in [2.45, 2.75) is 51.2 Å². The molecule has 6 heteroatoms. The first-order chi connectivity index (χ1) is 9.95. The fraction of sp³-hybridized carbons (Fsp3) is 0.600. The van der Waals surface area contributed by atoms with Crippen molar-refractivity contribution in [3.63, 3.8) is 0 Å². The van der Waals surface area contributed by atoms with Gasteiger partial charge in [-0.1, -0.05) is 12.5 Å². The zero-order chi connectivity index (χ0) is 15.6. The van der Waals surface area contributed by atoms with Crippen molar-refractivity contribution < 1.29 is 10.0 Å². The Morgan fingerprint density at radius 1 is 1.43 bits per heavy atom. The van der Waals surface area contributed by atoms with E-state index in [0.717, 1.165) is 18.4 Å². The first-order valence-corrected chi connectivity index (χ1v) is 7.40. The number of benzene rings is 1. The van der Waals surface area contributed by atoms with Crippen LogP contribution in [0, 0.1) is 10.1 Å². The Labute approximate surface area is 124 Å². The summed E-state index contributed by atoms with van der Waals surface area (Å²) in [5, 5.41) is 20.6. The van der Waals surface area contributed by atoms with Crippen LogP contribution in [0.25, 0.3) is 0 Å². The molecule has 0 spiro atoms. The summed E-state index contributed by atoms with van der Waals surface area (Å²) in [4.78, 5) is 12.8. The summed E-state index contributed by atoms with van der Waals surface area (Å²) in [5.74, 6) is -0.306. The van der Waals surface area contributed by atoms with E-state index in [1.807, 2.05) is 0 Å². The smallest absolute Gasteiger partial charge is 0.311 e. The number of rotatable bonds is 4. The highest BCUT2D eigenvalue weighted by molar-refractivity contribution is 5.48. The van der Waals surface area contributed by atoms with Gasteiger partial charge in [-0.15, -0.1) is 0 Å². The number of hydrogen-bond acceptors (Lipinski definition) is 5. The van der Waals surface area contributed by atoms with Crippen molar-refractivity contribution in [3.8, 4) is 5.75 Å². The number of nitro benzene ring substituents is 1. The molecule has 0 amide bonds. The highest BCUT2D eigenvalue weighted by atomic mass is 16.6. The number of aromatic hydroxyl groups is 1. The van der Waals surface area contributed by atoms with Gasteiger partial charge < -0.3 is 10.8 Å². The molecule has 0 aromatic heterocycles. The molecule has 6 nitrogen and oxygen atoms in total. The van der Waals surface area contributed by atoms with E-state index in [1.54, 1.807) is 6.07 Å². The summed E-state index contributed by atoms with van der Waals surface area (Å²) in [6.07, 6.45) is 3.42. The van der Waals surface area contributed by atoms with Crippen molar-refractivity contribution in [1.29, 1.82) is 0 Å². The predicted octanol–water partition coefficient (Wildman–Crippen LogP) is 2.56. The zero-order valence-electron chi connectivity index (χ0n) is 12.5. The molecule has 0 aliphatic carbocycles. The molecule has 1 aliphatic heterocycles. The van der Waals surface area contributed by atoms with Gasteiger partial charge >= 0.3 is 5.69 Å². The van der Waals surface area contributed by atoms with Gasteiger partial charge in [0, 0.05) is 30.7 Å². The number of piperidine rings is 1. The van der Waals surface area contributed by atoms with Gasteiger partial charge in [0.1, 0.15) is 0 Å². The molecule has 3 unspecified atom stereocenters. The lowest BCUT2D eigenvalue weighted by Crippen LogP contribution is -2.48. The third kappa shape index (κ3) is 3.16. The Hall–Kier alpha value is -1.66. The highest BCUT2D eigenvalue weighted by Gasteiger charge is 2.32. The second-order valence-corrected chi connectivity index (χ2v) is 5.83. The van der Waals surface area contributed by atoms with Crippen LogP contribution in [0.15, 0.2) is 18.2 Å². The van der Waals surface area contributed by atoms with Crippen molar-refractivity contribution >= 4 is 5.69 Å². The molecule has 3 N–H and O–H groups in total. The van der Waals surface area contributed by atoms with Crippen LogP contribution in [0.1, 0.15) is 44.7 Å². The zero-order valence-corrected chi connectivity index (χ0v) is 12.5. The van der Waals surface area contributed by atoms with E-state index in [4.69, 9.17) is 5.73 Å². The Kier molecular flexibility index (Phi) is 4.80. The molecule has 1 aromatic carbocycles. The molecule has 21 heavy (non-hydrogen) atoms. The number of likely N-dealkylation sites (tertiary alicyclic amines) is 1. The van der Waals surface area contributed by atoms with E-state index in [1.165, 1.54) is 18.6 Å². The number of phenols is 1. The van der Waals surface area contributed by atoms with Crippen LogP contribution in [0.3, 0.4) is 0 Å². The van der Waals surface area contributed by atoms with Gasteiger partial charge in [0.2, 0.25) is 0 Å². The molecule has 1 aromatic rings. The van der Waals surface area contributed by atoms with E-state index in [0.29, 0.717) is 18.6 Å². The second kappa shape index (κ2) is 6.41. The normalized spacial score (nSPS) is 24.7. The fourth-order valence-corrected chi connectivity index (χ4v) is 3.38. The summed E-state index contributed by atoms with van der Waals surface area (Å²) in [5.41, 5.74) is 6.48. The van der Waals surface area contributed by atoms with Crippen LogP contribution in [0.2, 0.25) is 0 Å². The molecular weight excluding hydrogens is 270 g/mol. The first kappa shape index (κ1) is 15.7. The maximum atomic E-state index is 11.0. The van der Waals surface area contributed by atoms with E-state index in [2.05, 4.69) is 18.7 Å². The van der Waals surface area contributed by atoms with Crippen molar-refractivity contribution in [2.24, 2.45) is 5.73 Å². The molecule has 1 fully saturated rings. The van der Waals surface area contributed by atoms with Gasteiger partial charge in [0.25, 0.3) is 0 Å². The number of hydrogen-bond donors (Lipinski definition) is 2. The molecule has 3 atom stereocenters. The van der Waals surface area contributed by atoms with Crippen molar-refractivity contribution in [1.82, 2.24) is 4.90 Å². The first-order valence-electron chi connectivity index (χ1n) is 7.40. The molecule has 1 aliphatic rings. The largest absolute Gasteiger partial charge is 0.502 e. The van der Waals surface area contributed by atoms with Crippen molar-refractivity contribution in [2.75, 3.05) is 6.54 Å². The number of nitrogens with two attached hydrogens (primary N) is 1. The Morgan fingerprint density at radius 3 is 2.57 bits per heavy atom. The van der Waals surface area contributed by atoms with E-state index in [-0.39, 0.29) is 17.5 Å². The molecule has 0 bridgehead atoms. The van der Waals surface area contributed by atoms with Crippen LogP contribution < -0.4 is 5.73 Å². The van der Waals surface area contributed by atoms with Crippen LogP contribution in [0.4, 0.5) is 5.69 Å². The summed E-state index contributed by atoms with van der Waals surface area (Å²) < 4.78 is 0.